The second-order valence-electron chi connectivity index (χ2n) is 5.39. The number of aromatic nitrogens is 2. The Labute approximate surface area is 162 Å². The molecule has 0 radical (unpaired) electrons. The predicted octanol–water partition coefficient (Wildman–Crippen LogP) is 3.82. The van der Waals surface area contributed by atoms with Gasteiger partial charge in [0.2, 0.25) is 11.0 Å². The van der Waals surface area contributed by atoms with Gasteiger partial charge in [0.1, 0.15) is 11.6 Å². The summed E-state index contributed by atoms with van der Waals surface area (Å²) in [5.74, 6) is -0.551. The minimum absolute atomic E-state index is 0.0303. The van der Waals surface area contributed by atoms with Gasteiger partial charge < -0.3 is 15.1 Å². The van der Waals surface area contributed by atoms with Crippen LogP contribution in [0.15, 0.2) is 45.4 Å². The first-order chi connectivity index (χ1) is 13.0. The average molecular weight is 406 g/mol. The van der Waals surface area contributed by atoms with Crippen molar-refractivity contribution in [2.45, 2.75) is 17.8 Å². The molecule has 0 aliphatic rings. The first kappa shape index (κ1) is 19.1. The van der Waals surface area contributed by atoms with Gasteiger partial charge in [-0.3, -0.25) is 9.59 Å². The molecule has 0 spiro atoms. The van der Waals surface area contributed by atoms with Crippen molar-refractivity contribution in [2.24, 2.45) is 0 Å². The highest BCUT2D eigenvalue weighted by atomic mass is 32.2. The summed E-state index contributed by atoms with van der Waals surface area (Å²) >= 11 is 2.49. The van der Waals surface area contributed by atoms with Crippen molar-refractivity contribution in [1.82, 2.24) is 10.2 Å². The second-order valence-corrected chi connectivity index (χ2v) is 7.59. The van der Waals surface area contributed by atoms with Gasteiger partial charge in [-0.25, -0.2) is 4.39 Å². The number of hydrogen-bond acceptors (Lipinski definition) is 8. The topological polar surface area (TPSA) is 97.1 Å². The highest BCUT2D eigenvalue weighted by molar-refractivity contribution is 8.01. The zero-order valence-corrected chi connectivity index (χ0v) is 15.8. The van der Waals surface area contributed by atoms with E-state index in [9.17, 15) is 14.0 Å². The molecule has 0 saturated carbocycles. The van der Waals surface area contributed by atoms with Crippen molar-refractivity contribution < 1.29 is 18.4 Å². The Morgan fingerprint density at radius 2 is 2.15 bits per heavy atom. The molecule has 0 fully saturated rings. The first-order valence-corrected chi connectivity index (χ1v) is 9.64. The number of nitrogens with zero attached hydrogens (tertiary/aromatic N) is 2. The van der Waals surface area contributed by atoms with Gasteiger partial charge in [0, 0.05) is 12.6 Å². The van der Waals surface area contributed by atoms with Crippen molar-refractivity contribution in [2.75, 3.05) is 16.4 Å². The van der Waals surface area contributed by atoms with E-state index < -0.39 is 5.82 Å². The van der Waals surface area contributed by atoms with Crippen LogP contribution in [0.1, 0.15) is 23.0 Å². The number of halogens is 1. The Morgan fingerprint density at radius 3 is 2.85 bits per heavy atom. The van der Waals surface area contributed by atoms with Gasteiger partial charge in [-0.1, -0.05) is 23.1 Å². The Morgan fingerprint density at radius 1 is 1.30 bits per heavy atom. The molecule has 0 atom stereocenters. The molecule has 27 heavy (non-hydrogen) atoms. The minimum Gasteiger partial charge on any atom is -0.467 e. The van der Waals surface area contributed by atoms with Crippen LogP contribution in [0.5, 0.6) is 0 Å². The van der Waals surface area contributed by atoms with E-state index in [2.05, 4.69) is 20.8 Å². The summed E-state index contributed by atoms with van der Waals surface area (Å²) in [7, 11) is 0. The lowest BCUT2D eigenvalue weighted by molar-refractivity contribution is -0.114. The third-order valence-corrected chi connectivity index (χ3v) is 5.33. The maximum absolute atomic E-state index is 14.1. The number of furan rings is 1. The van der Waals surface area contributed by atoms with E-state index in [1.165, 1.54) is 42.2 Å². The zero-order valence-electron chi connectivity index (χ0n) is 14.2. The number of thioether (sulfide) groups is 1. The Hall–Kier alpha value is -2.72. The quantitative estimate of drug-likeness (QED) is 0.434. The largest absolute Gasteiger partial charge is 0.467 e. The highest BCUT2D eigenvalue weighted by Gasteiger charge is 2.15. The van der Waals surface area contributed by atoms with Crippen molar-refractivity contribution in [1.29, 1.82) is 0 Å². The van der Waals surface area contributed by atoms with Crippen molar-refractivity contribution >= 4 is 45.6 Å². The number of carbonyl (C=O) groups excluding carboxylic acids is 2. The van der Waals surface area contributed by atoms with Crippen molar-refractivity contribution in [3.8, 4) is 0 Å². The molecule has 140 valence electrons. The smallest absolute Gasteiger partial charge is 0.221 e. The van der Waals surface area contributed by atoms with E-state index in [0.29, 0.717) is 21.7 Å². The fourth-order valence-electron chi connectivity index (χ4n) is 2.14. The molecule has 1 aromatic carbocycles. The summed E-state index contributed by atoms with van der Waals surface area (Å²) in [5, 5.41) is 14.1. The fourth-order valence-corrected chi connectivity index (χ4v) is 3.77. The molecule has 0 aliphatic heterocycles. The molecule has 2 N–H and O–H groups in total. The van der Waals surface area contributed by atoms with E-state index in [1.54, 1.807) is 12.3 Å². The number of nitrogens with one attached hydrogen (secondary N) is 2. The molecular weight excluding hydrogens is 391 g/mol. The van der Waals surface area contributed by atoms with Crippen molar-refractivity contribution in [3.05, 3.63) is 53.7 Å². The van der Waals surface area contributed by atoms with E-state index in [-0.39, 0.29) is 23.0 Å². The number of benzene rings is 1. The van der Waals surface area contributed by atoms with E-state index >= 15 is 0 Å². The number of amides is 1. The van der Waals surface area contributed by atoms with Crippen LogP contribution >= 0.6 is 23.1 Å². The van der Waals surface area contributed by atoms with Crippen LogP contribution in [0, 0.1) is 5.82 Å². The predicted molar refractivity (Wildman–Crippen MR) is 102 cm³/mol. The van der Waals surface area contributed by atoms with Gasteiger partial charge in [-0.15, -0.1) is 10.2 Å². The van der Waals surface area contributed by atoms with E-state index in [1.807, 2.05) is 6.07 Å². The molecule has 1 amide bonds. The van der Waals surface area contributed by atoms with Crippen LogP contribution in [0.3, 0.4) is 0 Å². The van der Waals surface area contributed by atoms with Crippen LogP contribution in [0.4, 0.5) is 15.2 Å². The lowest BCUT2D eigenvalue weighted by Crippen LogP contribution is -2.09. The van der Waals surface area contributed by atoms with E-state index in [0.717, 1.165) is 11.8 Å². The molecule has 2 heterocycles. The molecule has 10 heteroatoms. The Kier molecular flexibility index (Phi) is 6.20. The van der Waals surface area contributed by atoms with Crippen LogP contribution in [-0.4, -0.2) is 27.6 Å². The lowest BCUT2D eigenvalue weighted by atomic mass is 10.1. The first-order valence-electron chi connectivity index (χ1n) is 7.84. The highest BCUT2D eigenvalue weighted by Crippen LogP contribution is 2.27. The summed E-state index contributed by atoms with van der Waals surface area (Å²) in [6.45, 7) is 1.81. The molecule has 0 unspecified atom stereocenters. The molecule has 0 saturated heterocycles. The minimum atomic E-state index is -0.676. The van der Waals surface area contributed by atoms with E-state index in [4.69, 9.17) is 4.42 Å². The van der Waals surface area contributed by atoms with Crippen LogP contribution < -0.4 is 10.6 Å². The number of Topliss-reactive ketones (excluding diaryl/α,β-unsaturated/α-hetero) is 1. The van der Waals surface area contributed by atoms with Gasteiger partial charge in [-0.05, 0) is 30.3 Å². The van der Waals surface area contributed by atoms with Gasteiger partial charge in [0.05, 0.1) is 24.1 Å². The monoisotopic (exact) mass is 406 g/mol. The summed E-state index contributed by atoms with van der Waals surface area (Å²) in [6.07, 6.45) is 1.59. The number of anilines is 2. The number of hydrogen-bond donors (Lipinski definition) is 2. The molecular formula is C17H15FN4O3S2. The van der Waals surface area contributed by atoms with Gasteiger partial charge in [0.25, 0.3) is 0 Å². The second kappa shape index (κ2) is 8.78. The standard InChI is InChI=1S/C17H15FN4O3S2/c1-10(23)20-11-4-5-13(14(18)7-11)15(24)9-26-17-22-21-16(27-17)19-8-12-3-2-6-25-12/h2-7H,8-9H2,1H3,(H,19,21)(H,20,23). The third-order valence-electron chi connectivity index (χ3n) is 3.32. The SMILES string of the molecule is CC(=O)Nc1ccc(C(=O)CSc2nnc(NCc3ccco3)s2)c(F)c1. The van der Waals surface area contributed by atoms with Crippen molar-refractivity contribution in [3.63, 3.8) is 0 Å². The van der Waals surface area contributed by atoms with Crippen LogP contribution in [-0.2, 0) is 11.3 Å². The normalized spacial score (nSPS) is 10.6. The number of rotatable bonds is 8. The number of carbonyl (C=O) groups is 2. The van der Waals surface area contributed by atoms with Crippen LogP contribution in [0.25, 0.3) is 0 Å². The van der Waals surface area contributed by atoms with Crippen LogP contribution in [0.2, 0.25) is 0 Å². The maximum Gasteiger partial charge on any atom is 0.221 e. The average Bonchev–Trinajstić information content (AvgIpc) is 3.29. The molecule has 0 aliphatic carbocycles. The molecule has 0 bridgehead atoms. The molecule has 3 aromatic rings. The number of ketones is 1. The fraction of sp³-hybridized carbons (Fsp3) is 0.176. The van der Waals surface area contributed by atoms with Gasteiger partial charge in [-0.2, -0.15) is 0 Å². The summed E-state index contributed by atoms with van der Waals surface area (Å²) in [5.41, 5.74) is 0.276. The summed E-state index contributed by atoms with van der Waals surface area (Å²) in [4.78, 5) is 23.2. The zero-order chi connectivity index (χ0) is 19.2. The summed E-state index contributed by atoms with van der Waals surface area (Å²) < 4.78 is 19.9. The Bertz CT molecular complexity index is 944. The molecule has 3 rings (SSSR count). The van der Waals surface area contributed by atoms with Gasteiger partial charge in [0.15, 0.2) is 10.1 Å². The third kappa shape index (κ3) is 5.38. The molecule has 7 nitrogen and oxygen atoms in total. The van der Waals surface area contributed by atoms with Gasteiger partial charge >= 0.3 is 0 Å². The summed E-state index contributed by atoms with van der Waals surface area (Å²) in [6, 6.07) is 7.62. The lowest BCUT2D eigenvalue weighted by Gasteiger charge is -2.05. The molecule has 2 aromatic heterocycles. The Balaban J connectivity index is 1.54. The maximum atomic E-state index is 14.1.